The molecule has 0 aliphatic heterocycles. The average molecular weight is 268 g/mol. The van der Waals surface area contributed by atoms with Crippen molar-refractivity contribution < 1.29 is 4.79 Å². The van der Waals surface area contributed by atoms with E-state index >= 15 is 0 Å². The molecule has 19 heavy (non-hydrogen) atoms. The zero-order valence-electron chi connectivity index (χ0n) is 13.2. The van der Waals surface area contributed by atoms with Gasteiger partial charge in [0.1, 0.15) is 0 Å². The van der Waals surface area contributed by atoms with E-state index in [2.05, 4.69) is 24.2 Å². The minimum Gasteiger partial charge on any atom is -0.353 e. The van der Waals surface area contributed by atoms with Gasteiger partial charge in [0.15, 0.2) is 5.96 Å². The molecule has 1 unspecified atom stereocenters. The molecular formula is C14H28N4O. The van der Waals surface area contributed by atoms with Crippen molar-refractivity contribution in [2.45, 2.75) is 40.2 Å². The summed E-state index contributed by atoms with van der Waals surface area (Å²) in [5, 5.41) is 3.42. The molecule has 1 rings (SSSR count). The molecule has 5 nitrogen and oxygen atoms in total. The number of rotatable bonds is 5. The molecule has 0 aromatic carbocycles. The SMILES string of the molecule is CCN(CC)C(=O)CN(C)C(=NC)NC1CC1(C)C. The highest BCUT2D eigenvalue weighted by atomic mass is 16.2. The van der Waals surface area contributed by atoms with E-state index in [0.29, 0.717) is 18.0 Å². The molecule has 1 fully saturated rings. The van der Waals surface area contributed by atoms with E-state index in [1.165, 1.54) is 0 Å². The van der Waals surface area contributed by atoms with Crippen molar-refractivity contribution in [3.8, 4) is 0 Å². The molecule has 0 bridgehead atoms. The maximum absolute atomic E-state index is 12.1. The molecule has 1 N–H and O–H groups in total. The van der Waals surface area contributed by atoms with Crippen LogP contribution >= 0.6 is 0 Å². The molecule has 1 saturated carbocycles. The van der Waals surface area contributed by atoms with Crippen LogP contribution in [0.1, 0.15) is 34.1 Å². The Kier molecular flexibility index (Phi) is 5.20. The number of guanidine groups is 1. The fraction of sp³-hybridized carbons (Fsp3) is 0.857. The second-order valence-corrected chi connectivity index (χ2v) is 5.86. The molecule has 0 spiro atoms. The van der Waals surface area contributed by atoms with Crippen LogP contribution in [0.25, 0.3) is 0 Å². The standard InChI is InChI=1S/C14H28N4O/c1-7-18(8-2)12(19)10-17(6)13(15-5)16-11-9-14(11,3)4/h11H,7-10H2,1-6H3,(H,15,16). The first-order chi connectivity index (χ1) is 8.85. The summed E-state index contributed by atoms with van der Waals surface area (Å²) >= 11 is 0. The highest BCUT2D eigenvalue weighted by Crippen LogP contribution is 2.44. The zero-order valence-corrected chi connectivity index (χ0v) is 13.2. The maximum atomic E-state index is 12.1. The lowest BCUT2D eigenvalue weighted by atomic mass is 10.2. The first-order valence-electron chi connectivity index (χ1n) is 7.07. The Bertz CT molecular complexity index is 347. The lowest BCUT2D eigenvalue weighted by Gasteiger charge is -2.26. The Morgan fingerprint density at radius 1 is 1.37 bits per heavy atom. The smallest absolute Gasteiger partial charge is 0.242 e. The van der Waals surface area contributed by atoms with Crippen LogP contribution < -0.4 is 5.32 Å². The molecule has 5 heteroatoms. The number of carbonyl (C=O) groups excluding carboxylic acids is 1. The summed E-state index contributed by atoms with van der Waals surface area (Å²) in [5.74, 6) is 0.946. The number of nitrogens with one attached hydrogen (secondary N) is 1. The molecule has 0 radical (unpaired) electrons. The lowest BCUT2D eigenvalue weighted by molar-refractivity contribution is -0.131. The summed E-state index contributed by atoms with van der Waals surface area (Å²) in [6.45, 7) is 10.4. The lowest BCUT2D eigenvalue weighted by Crippen LogP contribution is -2.46. The van der Waals surface area contributed by atoms with E-state index < -0.39 is 0 Å². The van der Waals surface area contributed by atoms with Crippen molar-refractivity contribution in [3.63, 3.8) is 0 Å². The van der Waals surface area contributed by atoms with E-state index in [9.17, 15) is 4.79 Å². The third kappa shape index (κ3) is 4.11. The number of aliphatic imine (C=N–C) groups is 1. The van der Waals surface area contributed by atoms with Gasteiger partial charge < -0.3 is 15.1 Å². The topological polar surface area (TPSA) is 47.9 Å². The second kappa shape index (κ2) is 6.26. The molecular weight excluding hydrogens is 240 g/mol. The van der Waals surface area contributed by atoms with Gasteiger partial charge in [0.05, 0.1) is 6.54 Å². The van der Waals surface area contributed by atoms with E-state index in [0.717, 1.165) is 25.5 Å². The van der Waals surface area contributed by atoms with Gasteiger partial charge in [-0.05, 0) is 25.7 Å². The summed E-state index contributed by atoms with van der Waals surface area (Å²) in [7, 11) is 3.67. The predicted molar refractivity (Wildman–Crippen MR) is 79.2 cm³/mol. The third-order valence-electron chi connectivity index (χ3n) is 3.88. The molecule has 1 aliphatic rings. The van der Waals surface area contributed by atoms with E-state index in [1.54, 1.807) is 7.05 Å². The van der Waals surface area contributed by atoms with Crippen LogP contribution in [0.3, 0.4) is 0 Å². The fourth-order valence-corrected chi connectivity index (χ4v) is 2.17. The quantitative estimate of drug-likeness (QED) is 0.601. The van der Waals surface area contributed by atoms with Crippen LogP contribution in [0.2, 0.25) is 0 Å². The van der Waals surface area contributed by atoms with Gasteiger partial charge in [-0.25, -0.2) is 0 Å². The number of nitrogens with zero attached hydrogens (tertiary/aromatic N) is 3. The first kappa shape index (κ1) is 15.8. The largest absolute Gasteiger partial charge is 0.353 e. The van der Waals surface area contributed by atoms with Gasteiger partial charge in [-0.1, -0.05) is 13.8 Å². The first-order valence-corrected chi connectivity index (χ1v) is 7.07. The van der Waals surface area contributed by atoms with E-state index in [4.69, 9.17) is 0 Å². The van der Waals surface area contributed by atoms with Crippen molar-refractivity contribution >= 4 is 11.9 Å². The molecule has 0 heterocycles. The monoisotopic (exact) mass is 268 g/mol. The van der Waals surface area contributed by atoms with Crippen LogP contribution in [-0.2, 0) is 4.79 Å². The molecule has 0 saturated heterocycles. The molecule has 1 atom stereocenters. The number of hydrogen-bond donors (Lipinski definition) is 1. The summed E-state index contributed by atoms with van der Waals surface area (Å²) in [4.78, 5) is 20.1. The van der Waals surface area contributed by atoms with Crippen LogP contribution in [0, 0.1) is 5.41 Å². The van der Waals surface area contributed by atoms with Crippen LogP contribution in [-0.4, -0.2) is 61.4 Å². The zero-order chi connectivity index (χ0) is 14.6. The summed E-state index contributed by atoms with van der Waals surface area (Å²) in [6, 6.07) is 0.470. The molecule has 0 aromatic rings. The number of likely N-dealkylation sites (N-methyl/N-ethyl adjacent to an activating group) is 2. The van der Waals surface area contributed by atoms with Crippen LogP contribution in [0.4, 0.5) is 0 Å². The summed E-state index contributed by atoms with van der Waals surface area (Å²) in [6.07, 6.45) is 1.16. The van der Waals surface area contributed by atoms with Crippen molar-refractivity contribution in [1.82, 2.24) is 15.1 Å². The third-order valence-corrected chi connectivity index (χ3v) is 3.88. The summed E-state index contributed by atoms with van der Waals surface area (Å²) < 4.78 is 0. The van der Waals surface area contributed by atoms with Gasteiger partial charge in [-0.2, -0.15) is 0 Å². The molecule has 0 aromatic heterocycles. The highest BCUT2D eigenvalue weighted by molar-refractivity contribution is 5.86. The highest BCUT2D eigenvalue weighted by Gasteiger charge is 2.46. The van der Waals surface area contributed by atoms with Crippen molar-refractivity contribution in [1.29, 1.82) is 0 Å². The van der Waals surface area contributed by atoms with Crippen molar-refractivity contribution in [3.05, 3.63) is 0 Å². The number of hydrogen-bond acceptors (Lipinski definition) is 2. The Labute approximate surface area is 117 Å². The fourth-order valence-electron chi connectivity index (χ4n) is 2.17. The number of carbonyl (C=O) groups is 1. The maximum Gasteiger partial charge on any atom is 0.242 e. The van der Waals surface area contributed by atoms with Crippen molar-refractivity contribution in [2.24, 2.45) is 10.4 Å². The number of amides is 1. The van der Waals surface area contributed by atoms with E-state index in [1.807, 2.05) is 30.7 Å². The minimum atomic E-state index is 0.144. The Balaban J connectivity index is 2.51. The van der Waals surface area contributed by atoms with Gasteiger partial charge in [0.25, 0.3) is 0 Å². The van der Waals surface area contributed by atoms with E-state index in [-0.39, 0.29) is 5.91 Å². The normalized spacial score (nSPS) is 20.9. The minimum absolute atomic E-state index is 0.144. The van der Waals surface area contributed by atoms with Gasteiger partial charge in [-0.15, -0.1) is 0 Å². The second-order valence-electron chi connectivity index (χ2n) is 5.86. The van der Waals surface area contributed by atoms with Gasteiger partial charge in [-0.3, -0.25) is 9.79 Å². The predicted octanol–water partition coefficient (Wildman–Crippen LogP) is 1.16. The van der Waals surface area contributed by atoms with Crippen molar-refractivity contribution in [2.75, 3.05) is 33.7 Å². The Hall–Kier alpha value is -1.26. The van der Waals surface area contributed by atoms with Gasteiger partial charge >= 0.3 is 0 Å². The molecule has 1 aliphatic carbocycles. The van der Waals surface area contributed by atoms with Crippen LogP contribution in [0.5, 0.6) is 0 Å². The van der Waals surface area contributed by atoms with Crippen LogP contribution in [0.15, 0.2) is 4.99 Å². The summed E-state index contributed by atoms with van der Waals surface area (Å²) in [5.41, 5.74) is 0.347. The van der Waals surface area contributed by atoms with Gasteiger partial charge in [0.2, 0.25) is 5.91 Å². The Morgan fingerprint density at radius 3 is 2.26 bits per heavy atom. The average Bonchev–Trinajstić information content (AvgIpc) is 2.94. The molecule has 1 amide bonds. The molecule has 110 valence electrons. The van der Waals surface area contributed by atoms with Gasteiger partial charge in [0, 0.05) is 33.2 Å². The Morgan fingerprint density at radius 2 is 1.89 bits per heavy atom.